The number of hydrazine groups is 2. The molecule has 6 aliphatic rings. The van der Waals surface area contributed by atoms with Crippen molar-refractivity contribution in [1.82, 2.24) is 46.6 Å². The molecule has 4 bridgehead atoms. The Balaban J connectivity index is 1.37. The summed E-state index contributed by atoms with van der Waals surface area (Å²) in [6, 6.07) is -0.448. The van der Waals surface area contributed by atoms with Gasteiger partial charge in [-0.25, -0.2) is 9.18 Å². The molecule has 3 amide bonds. The topological polar surface area (TPSA) is 116 Å². The van der Waals surface area contributed by atoms with E-state index in [1.165, 1.54) is 6.08 Å². The highest BCUT2D eigenvalue weighted by molar-refractivity contribution is 5.87. The molecule has 12 nitrogen and oxygen atoms in total. The second kappa shape index (κ2) is 11.9. The first-order valence-electron chi connectivity index (χ1n) is 15.7. The zero-order chi connectivity index (χ0) is 29.7. The van der Waals surface area contributed by atoms with Crippen LogP contribution in [0.15, 0.2) is 24.6 Å². The number of nitrogens with one attached hydrogen (secondary N) is 5. The summed E-state index contributed by atoms with van der Waals surface area (Å²) >= 11 is 0. The maximum absolute atomic E-state index is 16.2. The fourth-order valence-electron chi connectivity index (χ4n) is 8.04. The van der Waals surface area contributed by atoms with E-state index in [0.717, 1.165) is 31.5 Å². The lowest BCUT2D eigenvalue weighted by molar-refractivity contribution is -0.139. The van der Waals surface area contributed by atoms with Crippen LogP contribution in [0.3, 0.4) is 0 Å². The third-order valence-corrected chi connectivity index (χ3v) is 10.1. The number of halogens is 1. The molecular weight excluding hydrogens is 541 g/mol. The molecule has 6 heterocycles. The lowest BCUT2D eigenvalue weighted by atomic mass is 9.81. The van der Waals surface area contributed by atoms with Gasteiger partial charge in [0.05, 0.1) is 24.5 Å². The highest BCUT2D eigenvalue weighted by Gasteiger charge is 2.56. The van der Waals surface area contributed by atoms with Crippen LogP contribution in [0.4, 0.5) is 9.18 Å². The van der Waals surface area contributed by atoms with Gasteiger partial charge in [0.2, 0.25) is 5.91 Å². The smallest absolute Gasteiger partial charge is 0.320 e. The highest BCUT2D eigenvalue weighted by atomic mass is 19.1. The van der Waals surface area contributed by atoms with Crippen LogP contribution in [0.5, 0.6) is 0 Å². The summed E-state index contributed by atoms with van der Waals surface area (Å²) in [6.07, 6.45) is 3.19. The van der Waals surface area contributed by atoms with Crippen molar-refractivity contribution in [3.05, 3.63) is 24.6 Å². The zero-order valence-corrected chi connectivity index (χ0v) is 25.3. The normalized spacial score (nSPS) is 41.0. The fourth-order valence-corrected chi connectivity index (χ4v) is 8.04. The number of piperidine rings is 2. The molecule has 13 heteroatoms. The number of allylic oxidation sites excluding steroid dienone is 1. The first kappa shape index (κ1) is 29.6. The molecule has 4 fully saturated rings. The molecule has 0 aromatic carbocycles. The Morgan fingerprint density at radius 2 is 2.00 bits per heavy atom. The standard InChI is InChI=1S/C29H48FN9O3/c1-6-23(40)36-13-18(5)37(14-17(36)4)26-20-12-21(30)28-32-27(20)39(29(41)33-26)25-22(9-10-31-24(25)16(2)3)42-11-7-8-19-15-38(28)35-34-19/h6,15-18,20-22,24-28,31-32,34-35H,1,7-14H2,2-5H3,(H,33,41). The minimum absolute atomic E-state index is 0.0294. The van der Waals surface area contributed by atoms with Crippen molar-refractivity contribution in [3.8, 4) is 0 Å². The van der Waals surface area contributed by atoms with E-state index >= 15 is 4.39 Å². The van der Waals surface area contributed by atoms with Crippen molar-refractivity contribution >= 4 is 11.9 Å². The number of hydrogen-bond acceptors (Lipinski definition) is 9. The lowest BCUT2D eigenvalue weighted by Gasteiger charge is -2.59. The molecule has 6 rings (SSSR count). The predicted octanol–water partition coefficient (Wildman–Crippen LogP) is 0.776. The zero-order valence-electron chi connectivity index (χ0n) is 25.3. The summed E-state index contributed by atoms with van der Waals surface area (Å²) in [5.74, 6) is -0.0613. The second-order valence-corrected chi connectivity index (χ2v) is 13.2. The second-order valence-electron chi connectivity index (χ2n) is 13.2. The van der Waals surface area contributed by atoms with E-state index in [2.05, 4.69) is 59.2 Å². The van der Waals surface area contributed by atoms with Crippen LogP contribution in [0.2, 0.25) is 0 Å². The van der Waals surface area contributed by atoms with E-state index in [1.807, 2.05) is 22.9 Å². The van der Waals surface area contributed by atoms with Crippen LogP contribution in [0.25, 0.3) is 0 Å². The van der Waals surface area contributed by atoms with Crippen LogP contribution >= 0.6 is 0 Å². The van der Waals surface area contributed by atoms with Gasteiger partial charge in [-0.15, -0.1) is 5.53 Å². The van der Waals surface area contributed by atoms with Gasteiger partial charge in [-0.05, 0) is 58.1 Å². The van der Waals surface area contributed by atoms with Crippen molar-refractivity contribution < 1.29 is 18.7 Å². The van der Waals surface area contributed by atoms with Crippen LogP contribution in [0.1, 0.15) is 53.4 Å². The van der Waals surface area contributed by atoms with Crippen LogP contribution in [0, 0.1) is 11.8 Å². The summed E-state index contributed by atoms with van der Waals surface area (Å²) < 4.78 is 22.8. The third kappa shape index (κ3) is 5.27. The fraction of sp³-hybridized carbons (Fsp3) is 0.793. The number of amides is 3. The van der Waals surface area contributed by atoms with Gasteiger partial charge in [-0.2, -0.15) is 0 Å². The summed E-state index contributed by atoms with van der Waals surface area (Å²) in [7, 11) is 0. The monoisotopic (exact) mass is 589 g/mol. The van der Waals surface area contributed by atoms with Gasteiger partial charge in [0.25, 0.3) is 0 Å². The molecule has 0 radical (unpaired) electrons. The maximum atomic E-state index is 16.2. The number of piperazine rings is 1. The molecule has 234 valence electrons. The van der Waals surface area contributed by atoms with Gasteiger partial charge in [-0.1, -0.05) is 20.4 Å². The Morgan fingerprint density at radius 1 is 1.19 bits per heavy atom. The van der Waals surface area contributed by atoms with E-state index < -0.39 is 18.5 Å². The first-order chi connectivity index (χ1) is 20.2. The Hall–Kier alpha value is -2.45. The Bertz CT molecular complexity index is 1080. The van der Waals surface area contributed by atoms with Crippen molar-refractivity contribution in [2.75, 3.05) is 26.2 Å². The quantitative estimate of drug-likeness (QED) is 0.305. The number of hydrogen-bond donors (Lipinski definition) is 5. The largest absolute Gasteiger partial charge is 0.376 e. The number of alkyl halides is 1. The average Bonchev–Trinajstić information content (AvgIpc) is 3.44. The minimum Gasteiger partial charge on any atom is -0.376 e. The molecule has 0 aromatic rings. The van der Waals surface area contributed by atoms with Crippen molar-refractivity contribution in [2.45, 2.75) is 108 Å². The summed E-state index contributed by atoms with van der Waals surface area (Å²) in [5.41, 5.74) is 7.30. The van der Waals surface area contributed by atoms with Crippen molar-refractivity contribution in [1.29, 1.82) is 0 Å². The molecule has 6 aliphatic heterocycles. The molecule has 10 atom stereocenters. The number of carbonyl (C=O) groups excluding carboxylic acids is 2. The SMILES string of the molecule is C=CC(=O)N1CC(C)N(C2NC(=O)N3C4NC(C(F)CC24)N2C=C(CCCOC4CCNC(C(C)C)C43)NN2)CC1C. The van der Waals surface area contributed by atoms with Gasteiger partial charge >= 0.3 is 6.03 Å². The summed E-state index contributed by atoms with van der Waals surface area (Å²) in [6.45, 7) is 14.6. The number of carbonyl (C=O) groups is 2. The molecule has 0 aromatic heterocycles. The van der Waals surface area contributed by atoms with E-state index in [9.17, 15) is 9.59 Å². The summed E-state index contributed by atoms with van der Waals surface area (Å²) in [4.78, 5) is 32.9. The van der Waals surface area contributed by atoms with Gasteiger partial charge in [0, 0.05) is 55.6 Å². The predicted molar refractivity (Wildman–Crippen MR) is 156 cm³/mol. The first-order valence-corrected chi connectivity index (χ1v) is 15.7. The molecule has 0 saturated carbocycles. The lowest BCUT2D eigenvalue weighted by Crippen LogP contribution is -2.81. The Labute approximate surface area is 248 Å². The number of fused-ring (bicyclic) bond motifs is 5. The molecule has 4 saturated heterocycles. The van der Waals surface area contributed by atoms with Crippen LogP contribution in [-0.2, 0) is 9.53 Å². The van der Waals surface area contributed by atoms with E-state index in [1.54, 1.807) is 5.01 Å². The Kier molecular flexibility index (Phi) is 8.40. The van der Waals surface area contributed by atoms with Gasteiger partial charge in [0.1, 0.15) is 12.3 Å². The van der Waals surface area contributed by atoms with E-state index in [0.29, 0.717) is 19.7 Å². The molecule has 42 heavy (non-hydrogen) atoms. The van der Waals surface area contributed by atoms with Gasteiger partial charge in [-0.3, -0.25) is 20.0 Å². The van der Waals surface area contributed by atoms with Crippen LogP contribution < -0.4 is 26.9 Å². The summed E-state index contributed by atoms with van der Waals surface area (Å²) in [5, 5.41) is 12.4. The maximum Gasteiger partial charge on any atom is 0.320 e. The molecular formula is C29H48FN9O3. The van der Waals surface area contributed by atoms with Crippen molar-refractivity contribution in [2.24, 2.45) is 11.8 Å². The molecule has 5 N–H and O–H groups in total. The highest BCUT2D eigenvalue weighted by Crippen LogP contribution is 2.38. The van der Waals surface area contributed by atoms with E-state index in [-0.39, 0.29) is 66.6 Å². The number of urea groups is 1. The minimum atomic E-state index is -1.19. The van der Waals surface area contributed by atoms with Crippen molar-refractivity contribution in [3.63, 3.8) is 0 Å². The Morgan fingerprint density at radius 3 is 2.76 bits per heavy atom. The van der Waals surface area contributed by atoms with Gasteiger partial charge < -0.3 is 30.6 Å². The number of ether oxygens (including phenoxy) is 1. The molecule has 0 spiro atoms. The number of rotatable bonds is 3. The van der Waals surface area contributed by atoms with Crippen LogP contribution in [-0.4, -0.2) is 113 Å². The average molecular weight is 590 g/mol. The van der Waals surface area contributed by atoms with Gasteiger partial charge in [0.15, 0.2) is 0 Å². The third-order valence-electron chi connectivity index (χ3n) is 10.1. The molecule has 0 aliphatic carbocycles. The van der Waals surface area contributed by atoms with E-state index in [4.69, 9.17) is 4.74 Å². The molecule has 10 unspecified atom stereocenters. The number of nitrogens with zero attached hydrogens (tertiary/aromatic N) is 4.